The second kappa shape index (κ2) is 10.9. The van der Waals surface area contributed by atoms with Gasteiger partial charge in [0.05, 0.1) is 47.1 Å². The molecule has 1 saturated heterocycles. The van der Waals surface area contributed by atoms with Crippen LogP contribution in [0.3, 0.4) is 0 Å². The molecule has 3 heterocycles. The van der Waals surface area contributed by atoms with E-state index >= 15 is 0 Å². The van der Waals surface area contributed by atoms with E-state index in [1.165, 1.54) is 0 Å². The lowest BCUT2D eigenvalue weighted by Crippen LogP contribution is -2.36. The largest absolute Gasteiger partial charge is 0.494 e. The first-order valence-corrected chi connectivity index (χ1v) is 12.0. The predicted octanol–water partition coefficient (Wildman–Crippen LogP) is 3.56. The third kappa shape index (κ3) is 5.50. The highest BCUT2D eigenvalue weighted by atomic mass is 16.5. The Morgan fingerprint density at radius 1 is 1.16 bits per heavy atom. The number of anilines is 4. The van der Waals surface area contributed by atoms with Gasteiger partial charge in [-0.3, -0.25) is 0 Å². The van der Waals surface area contributed by atoms with E-state index in [0.717, 1.165) is 16.8 Å². The Bertz CT molecular complexity index is 1450. The van der Waals surface area contributed by atoms with Crippen molar-refractivity contribution in [2.24, 2.45) is 0 Å². The fourth-order valence-electron chi connectivity index (χ4n) is 4.33. The predicted molar refractivity (Wildman–Crippen MR) is 146 cm³/mol. The van der Waals surface area contributed by atoms with E-state index in [1.807, 2.05) is 55.5 Å². The number of nitrogens with two attached hydrogens (primary N) is 1. The van der Waals surface area contributed by atoms with Crippen LogP contribution >= 0.6 is 0 Å². The van der Waals surface area contributed by atoms with Crippen LogP contribution in [0.4, 0.5) is 23.0 Å². The molecule has 1 aliphatic heterocycles. The number of rotatable bonds is 8. The summed E-state index contributed by atoms with van der Waals surface area (Å²) in [7, 11) is 1.35. The van der Waals surface area contributed by atoms with Crippen molar-refractivity contribution in [3.8, 4) is 22.8 Å². The number of morpholine rings is 1. The van der Waals surface area contributed by atoms with Gasteiger partial charge in [-0.25, -0.2) is 9.67 Å². The third-order valence-electron chi connectivity index (χ3n) is 6.04. The summed E-state index contributed by atoms with van der Waals surface area (Å²) >= 11 is 0. The topological polar surface area (TPSA) is 107 Å². The number of benzene rings is 2. The summed E-state index contributed by atoms with van der Waals surface area (Å²) in [6.07, 6.45) is 3.56. The fourth-order valence-corrected chi connectivity index (χ4v) is 4.33. The third-order valence-corrected chi connectivity index (χ3v) is 6.04. The Hall–Kier alpha value is -4.15. The quantitative estimate of drug-likeness (QED) is 0.349. The van der Waals surface area contributed by atoms with Crippen LogP contribution in [0.5, 0.6) is 5.75 Å². The van der Waals surface area contributed by atoms with Crippen molar-refractivity contribution >= 4 is 23.0 Å². The Morgan fingerprint density at radius 2 is 1.97 bits per heavy atom. The van der Waals surface area contributed by atoms with Crippen LogP contribution in [0.25, 0.3) is 17.1 Å². The van der Waals surface area contributed by atoms with Gasteiger partial charge in [0.25, 0.3) is 0 Å². The van der Waals surface area contributed by atoms with E-state index < -0.39 is 7.04 Å². The molecule has 10 heteroatoms. The lowest BCUT2D eigenvalue weighted by Gasteiger charge is -2.30. The van der Waals surface area contributed by atoms with Gasteiger partial charge in [0.1, 0.15) is 5.75 Å². The summed E-state index contributed by atoms with van der Waals surface area (Å²) < 4.78 is 35.5. The molecule has 1 aliphatic rings. The molecule has 4 aromatic rings. The summed E-state index contributed by atoms with van der Waals surface area (Å²) in [5, 5.41) is 7.92. The average molecular weight is 504 g/mol. The molecule has 2 aromatic carbocycles. The summed E-state index contributed by atoms with van der Waals surface area (Å²) in [6, 6.07) is 15.0. The number of nitrogens with zero attached hydrogens (tertiary/aromatic N) is 6. The summed E-state index contributed by atoms with van der Waals surface area (Å²) in [6.45, 7) is 3.10. The number of hydrogen-bond acceptors (Lipinski definition) is 9. The molecular weight excluding hydrogens is 468 g/mol. The van der Waals surface area contributed by atoms with Crippen LogP contribution in [0.1, 0.15) is 9.68 Å². The van der Waals surface area contributed by atoms with Gasteiger partial charge in [0.2, 0.25) is 5.95 Å². The van der Waals surface area contributed by atoms with Gasteiger partial charge in [-0.05, 0) is 20.2 Å². The van der Waals surface area contributed by atoms with Crippen LogP contribution in [-0.4, -0.2) is 72.1 Å². The van der Waals surface area contributed by atoms with Crippen LogP contribution in [0, 0.1) is 0 Å². The van der Waals surface area contributed by atoms with Crippen molar-refractivity contribution in [3.63, 3.8) is 0 Å². The lowest BCUT2D eigenvalue weighted by atomic mass is 10.1. The molecule has 10 nitrogen and oxygen atoms in total. The number of nitrogen functional groups attached to an aromatic ring is 1. The van der Waals surface area contributed by atoms with E-state index in [4.69, 9.17) is 24.4 Å². The first kappa shape index (κ1) is 21.0. The molecule has 37 heavy (non-hydrogen) atoms. The molecule has 0 saturated carbocycles. The maximum absolute atomic E-state index is 7.67. The SMILES string of the molecule is [2H]C([2H])([2H])Oc1cc(N2CCOCC2)c(N)cc1Nc1nccc(-n2cc(CN(C)C)c(-c3ccccc3)n2)n1. The van der Waals surface area contributed by atoms with Crippen molar-refractivity contribution < 1.29 is 13.6 Å². The molecule has 0 spiro atoms. The van der Waals surface area contributed by atoms with Crippen LogP contribution in [-0.2, 0) is 11.3 Å². The zero-order chi connectivity index (χ0) is 28.3. The first-order valence-electron chi connectivity index (χ1n) is 13.5. The van der Waals surface area contributed by atoms with Gasteiger partial charge >= 0.3 is 0 Å². The molecule has 0 amide bonds. The number of methoxy groups -OCH3 is 1. The van der Waals surface area contributed by atoms with E-state index in [2.05, 4.69) is 20.2 Å². The fraction of sp³-hybridized carbons (Fsp3) is 0.296. The molecule has 0 bridgehead atoms. The highest BCUT2D eigenvalue weighted by molar-refractivity contribution is 5.79. The highest BCUT2D eigenvalue weighted by Gasteiger charge is 2.18. The Balaban J connectivity index is 1.48. The molecule has 3 N–H and O–H groups in total. The van der Waals surface area contributed by atoms with Crippen molar-refractivity contribution in [1.82, 2.24) is 24.6 Å². The van der Waals surface area contributed by atoms with Gasteiger partial charge in [-0.2, -0.15) is 10.1 Å². The summed E-state index contributed by atoms with van der Waals surface area (Å²) in [5.41, 5.74) is 10.8. The van der Waals surface area contributed by atoms with E-state index in [0.29, 0.717) is 55.7 Å². The monoisotopic (exact) mass is 503 g/mol. The second-order valence-electron chi connectivity index (χ2n) is 9.02. The second-order valence-corrected chi connectivity index (χ2v) is 9.02. The standard InChI is InChI=1S/C27H32N8O2/c1-33(2)17-20-18-35(32-26(20)19-7-5-4-6-8-19)25-9-10-29-27(31-25)30-22-15-21(28)23(16-24(22)36-3)34-11-13-37-14-12-34/h4-10,15-16,18H,11-14,17,28H2,1-3H3,(H,29,30,31)/i3D3. The highest BCUT2D eigenvalue weighted by Crippen LogP contribution is 2.37. The Morgan fingerprint density at radius 3 is 2.73 bits per heavy atom. The van der Waals surface area contributed by atoms with E-state index in [-0.39, 0.29) is 11.7 Å². The van der Waals surface area contributed by atoms with Crippen molar-refractivity contribution in [2.75, 3.05) is 63.4 Å². The minimum absolute atomic E-state index is 0.114. The summed E-state index contributed by atoms with van der Waals surface area (Å²) in [4.78, 5) is 13.1. The van der Waals surface area contributed by atoms with Crippen LogP contribution in [0.15, 0.2) is 60.9 Å². The van der Waals surface area contributed by atoms with Gasteiger partial charge in [-0.1, -0.05) is 30.3 Å². The molecule has 0 radical (unpaired) electrons. The van der Waals surface area contributed by atoms with E-state index in [1.54, 1.807) is 29.1 Å². The zero-order valence-electron chi connectivity index (χ0n) is 23.9. The van der Waals surface area contributed by atoms with Gasteiger partial charge in [0.15, 0.2) is 5.82 Å². The van der Waals surface area contributed by atoms with Crippen molar-refractivity contribution in [3.05, 3.63) is 66.5 Å². The number of aromatic nitrogens is 4. The molecular formula is C27H32N8O2. The minimum atomic E-state index is -2.66. The van der Waals surface area contributed by atoms with Crippen LogP contribution in [0.2, 0.25) is 0 Å². The zero-order valence-corrected chi connectivity index (χ0v) is 20.9. The lowest BCUT2D eigenvalue weighted by molar-refractivity contribution is 0.123. The maximum atomic E-state index is 7.67. The summed E-state index contributed by atoms with van der Waals surface area (Å²) in [5.74, 6) is 0.886. The van der Waals surface area contributed by atoms with Crippen LogP contribution < -0.4 is 20.7 Å². The molecule has 192 valence electrons. The molecule has 0 aliphatic carbocycles. The molecule has 5 rings (SSSR count). The molecule has 1 fully saturated rings. The Kier molecular flexibility index (Phi) is 6.15. The molecule has 2 aromatic heterocycles. The normalized spacial score (nSPS) is 15.2. The average Bonchev–Trinajstić information content (AvgIpc) is 3.34. The van der Waals surface area contributed by atoms with Crippen molar-refractivity contribution in [1.29, 1.82) is 0 Å². The maximum Gasteiger partial charge on any atom is 0.229 e. The van der Waals surface area contributed by atoms with Gasteiger partial charge < -0.3 is 30.3 Å². The molecule has 0 unspecified atom stereocenters. The number of hydrogen-bond donors (Lipinski definition) is 2. The smallest absolute Gasteiger partial charge is 0.229 e. The molecule has 0 atom stereocenters. The number of ether oxygens (including phenoxy) is 2. The number of nitrogens with one attached hydrogen (secondary N) is 1. The van der Waals surface area contributed by atoms with Gasteiger partial charge in [0, 0.05) is 55.3 Å². The Labute approximate surface area is 220 Å². The first-order chi connectivity index (χ1) is 19.2. The van der Waals surface area contributed by atoms with Crippen molar-refractivity contribution in [2.45, 2.75) is 6.54 Å². The minimum Gasteiger partial charge on any atom is -0.494 e. The van der Waals surface area contributed by atoms with Gasteiger partial charge in [-0.15, -0.1) is 0 Å². The van der Waals surface area contributed by atoms with E-state index in [9.17, 15) is 0 Å².